The number of hydrogen-bond acceptors (Lipinski definition) is 3. The Morgan fingerprint density at radius 2 is 2.11 bits per heavy atom. The first-order chi connectivity index (χ1) is 8.31. The van der Waals surface area contributed by atoms with Gasteiger partial charge in [-0.3, -0.25) is 4.72 Å². The lowest BCUT2D eigenvalue weighted by atomic mass is 10.3. The molecule has 0 saturated heterocycles. The fourth-order valence-corrected chi connectivity index (χ4v) is 3.08. The van der Waals surface area contributed by atoms with Crippen molar-refractivity contribution in [3.63, 3.8) is 0 Å². The molecule has 1 rings (SSSR count). The zero-order valence-corrected chi connectivity index (χ0v) is 11.6. The van der Waals surface area contributed by atoms with E-state index in [0.717, 1.165) is 6.07 Å². The fraction of sp³-hybridized carbons (Fsp3) is 0.300. The lowest BCUT2D eigenvalue weighted by Crippen LogP contribution is -2.26. The van der Waals surface area contributed by atoms with E-state index in [0.29, 0.717) is 6.07 Å². The van der Waals surface area contributed by atoms with Gasteiger partial charge in [-0.05, 0) is 28.4 Å². The molecule has 1 unspecified atom stereocenters. The first-order valence-corrected chi connectivity index (χ1v) is 7.21. The Balaban J connectivity index is 3.17. The van der Waals surface area contributed by atoms with Crippen LogP contribution in [-0.4, -0.2) is 13.7 Å². The van der Waals surface area contributed by atoms with E-state index >= 15 is 0 Å². The van der Waals surface area contributed by atoms with E-state index in [2.05, 4.69) is 15.9 Å². The molecule has 0 heterocycles. The molecule has 1 N–H and O–H groups in total. The summed E-state index contributed by atoms with van der Waals surface area (Å²) < 4.78 is 51.6. The van der Waals surface area contributed by atoms with Crippen LogP contribution in [0, 0.1) is 23.0 Å². The highest BCUT2D eigenvalue weighted by molar-refractivity contribution is 9.10. The topological polar surface area (TPSA) is 70.0 Å². The number of nitrogens with zero attached hydrogens (tertiary/aromatic N) is 1. The Morgan fingerprint density at radius 3 is 2.56 bits per heavy atom. The van der Waals surface area contributed by atoms with Crippen LogP contribution in [0.4, 0.5) is 14.5 Å². The molecule has 98 valence electrons. The van der Waals surface area contributed by atoms with Gasteiger partial charge in [0.05, 0.1) is 11.8 Å². The maximum atomic E-state index is 13.4. The molecule has 0 aromatic heterocycles. The summed E-state index contributed by atoms with van der Waals surface area (Å²) in [7, 11) is -4.04. The van der Waals surface area contributed by atoms with Crippen molar-refractivity contribution >= 4 is 31.6 Å². The molecule has 0 radical (unpaired) electrons. The standard InChI is InChI=1S/C10H9BrF2N2O2S/c1-2-7(5-14)18(16,17)15-10-8(11)3-6(12)4-9(10)13/h3-4,7,15H,2H2,1H3. The summed E-state index contributed by atoms with van der Waals surface area (Å²) >= 11 is 2.85. The summed E-state index contributed by atoms with van der Waals surface area (Å²) in [6.07, 6.45) is 0.0618. The average molecular weight is 339 g/mol. The largest absolute Gasteiger partial charge is 0.278 e. The van der Waals surface area contributed by atoms with E-state index < -0.39 is 32.6 Å². The van der Waals surface area contributed by atoms with Crippen LogP contribution in [0.5, 0.6) is 0 Å². The molecule has 4 nitrogen and oxygen atoms in total. The lowest BCUT2D eigenvalue weighted by molar-refractivity contribution is 0.579. The van der Waals surface area contributed by atoms with Crippen LogP contribution in [0.3, 0.4) is 0 Å². The molecule has 0 aliphatic heterocycles. The first kappa shape index (κ1) is 14.9. The zero-order valence-electron chi connectivity index (χ0n) is 9.25. The van der Waals surface area contributed by atoms with Crippen LogP contribution in [0.15, 0.2) is 16.6 Å². The minimum atomic E-state index is -4.04. The molecule has 0 aliphatic rings. The highest BCUT2D eigenvalue weighted by atomic mass is 79.9. The zero-order chi connectivity index (χ0) is 13.9. The number of rotatable bonds is 4. The van der Waals surface area contributed by atoms with Crippen LogP contribution in [-0.2, 0) is 10.0 Å². The Morgan fingerprint density at radius 1 is 1.50 bits per heavy atom. The summed E-state index contributed by atoms with van der Waals surface area (Å²) in [4.78, 5) is 0. The quantitative estimate of drug-likeness (QED) is 0.917. The molecule has 0 amide bonds. The van der Waals surface area contributed by atoms with Crippen molar-refractivity contribution in [2.24, 2.45) is 0 Å². The number of hydrogen-bond donors (Lipinski definition) is 1. The van der Waals surface area contributed by atoms with E-state index in [-0.39, 0.29) is 10.9 Å². The highest BCUT2D eigenvalue weighted by Crippen LogP contribution is 2.28. The van der Waals surface area contributed by atoms with E-state index in [4.69, 9.17) is 5.26 Å². The van der Waals surface area contributed by atoms with Crippen molar-refractivity contribution in [3.8, 4) is 6.07 Å². The average Bonchev–Trinajstić information content (AvgIpc) is 2.24. The summed E-state index contributed by atoms with van der Waals surface area (Å²) in [6, 6.07) is 3.08. The van der Waals surface area contributed by atoms with Gasteiger partial charge in [-0.1, -0.05) is 6.92 Å². The van der Waals surface area contributed by atoms with Crippen molar-refractivity contribution in [1.29, 1.82) is 5.26 Å². The van der Waals surface area contributed by atoms with Crippen molar-refractivity contribution in [2.45, 2.75) is 18.6 Å². The second-order valence-electron chi connectivity index (χ2n) is 3.42. The molecular weight excluding hydrogens is 330 g/mol. The number of halogens is 3. The predicted molar refractivity (Wildman–Crippen MR) is 66.3 cm³/mol. The van der Waals surface area contributed by atoms with Gasteiger partial charge in [-0.25, -0.2) is 17.2 Å². The molecule has 1 atom stereocenters. The Labute approximate surface area is 112 Å². The molecule has 0 bridgehead atoms. The van der Waals surface area contributed by atoms with Crippen LogP contribution < -0.4 is 4.72 Å². The molecule has 0 spiro atoms. The van der Waals surface area contributed by atoms with Gasteiger partial charge >= 0.3 is 0 Å². The van der Waals surface area contributed by atoms with E-state index in [1.807, 2.05) is 4.72 Å². The maximum Gasteiger partial charge on any atom is 0.249 e. The molecule has 1 aromatic carbocycles. The van der Waals surface area contributed by atoms with Gasteiger partial charge in [0, 0.05) is 10.5 Å². The van der Waals surface area contributed by atoms with Crippen LogP contribution in [0.1, 0.15) is 13.3 Å². The second-order valence-corrected chi connectivity index (χ2v) is 6.14. The van der Waals surface area contributed by atoms with Gasteiger partial charge in [0.2, 0.25) is 10.0 Å². The molecule has 18 heavy (non-hydrogen) atoms. The van der Waals surface area contributed by atoms with Gasteiger partial charge < -0.3 is 0 Å². The van der Waals surface area contributed by atoms with E-state index in [1.165, 1.54) is 6.92 Å². The van der Waals surface area contributed by atoms with Gasteiger partial charge in [0.25, 0.3) is 0 Å². The Kier molecular flexibility index (Phi) is 4.65. The second kappa shape index (κ2) is 5.63. The molecule has 1 aromatic rings. The number of nitrogens with one attached hydrogen (secondary N) is 1. The van der Waals surface area contributed by atoms with Crippen LogP contribution in [0.2, 0.25) is 0 Å². The predicted octanol–water partition coefficient (Wildman–Crippen LogP) is 2.77. The smallest absolute Gasteiger partial charge is 0.249 e. The van der Waals surface area contributed by atoms with Gasteiger partial charge in [-0.2, -0.15) is 5.26 Å². The van der Waals surface area contributed by atoms with Crippen molar-refractivity contribution < 1.29 is 17.2 Å². The normalized spacial score (nSPS) is 12.8. The van der Waals surface area contributed by atoms with Crippen molar-refractivity contribution in [3.05, 3.63) is 28.2 Å². The van der Waals surface area contributed by atoms with E-state index in [1.54, 1.807) is 6.07 Å². The minimum Gasteiger partial charge on any atom is -0.278 e. The molecule has 0 saturated carbocycles. The number of anilines is 1. The number of sulfonamides is 1. The van der Waals surface area contributed by atoms with Gasteiger partial charge in [0.1, 0.15) is 5.82 Å². The minimum absolute atomic E-state index is 0.0618. The summed E-state index contributed by atoms with van der Waals surface area (Å²) in [5.74, 6) is -1.90. The maximum absolute atomic E-state index is 13.4. The SMILES string of the molecule is CCC(C#N)S(=O)(=O)Nc1c(F)cc(F)cc1Br. The third kappa shape index (κ3) is 3.17. The molecule has 0 aliphatic carbocycles. The third-order valence-electron chi connectivity index (χ3n) is 2.14. The Hall–Kier alpha value is -1.20. The highest BCUT2D eigenvalue weighted by Gasteiger charge is 2.25. The summed E-state index contributed by atoms with van der Waals surface area (Å²) in [5, 5.41) is 7.39. The monoisotopic (exact) mass is 338 g/mol. The molecule has 0 fully saturated rings. The molecule has 8 heteroatoms. The van der Waals surface area contributed by atoms with Crippen LogP contribution >= 0.6 is 15.9 Å². The van der Waals surface area contributed by atoms with Gasteiger partial charge in [-0.15, -0.1) is 0 Å². The first-order valence-electron chi connectivity index (χ1n) is 4.87. The van der Waals surface area contributed by atoms with Crippen molar-refractivity contribution in [1.82, 2.24) is 0 Å². The Bertz CT molecular complexity index is 575. The fourth-order valence-electron chi connectivity index (χ4n) is 1.23. The lowest BCUT2D eigenvalue weighted by Gasteiger charge is -2.13. The van der Waals surface area contributed by atoms with Crippen molar-refractivity contribution in [2.75, 3.05) is 4.72 Å². The number of benzene rings is 1. The van der Waals surface area contributed by atoms with Gasteiger partial charge in [0.15, 0.2) is 11.1 Å². The number of nitriles is 1. The van der Waals surface area contributed by atoms with Crippen LogP contribution in [0.25, 0.3) is 0 Å². The third-order valence-corrected chi connectivity index (χ3v) is 4.44. The molecular formula is C10H9BrF2N2O2S. The summed E-state index contributed by atoms with van der Waals surface area (Å²) in [5.41, 5.74) is -0.412. The summed E-state index contributed by atoms with van der Waals surface area (Å²) in [6.45, 7) is 1.52. The van der Waals surface area contributed by atoms with E-state index in [9.17, 15) is 17.2 Å².